The minimum Gasteiger partial charge on any atom is -0.449 e. The molecule has 146 valence electrons. The third-order valence-electron chi connectivity index (χ3n) is 5.03. The van der Waals surface area contributed by atoms with Crippen molar-refractivity contribution in [3.05, 3.63) is 34.9 Å². The Morgan fingerprint density at radius 1 is 1.30 bits per heavy atom. The van der Waals surface area contributed by atoms with E-state index in [9.17, 15) is 9.59 Å². The molecule has 1 N–H and O–H groups in total. The number of carbonyl (C=O) groups is 2. The van der Waals surface area contributed by atoms with Crippen LogP contribution in [0.5, 0.6) is 0 Å². The van der Waals surface area contributed by atoms with Crippen LogP contribution in [0.1, 0.15) is 56.7 Å². The Labute approximate surface area is 161 Å². The van der Waals surface area contributed by atoms with Crippen LogP contribution in [0.15, 0.2) is 23.3 Å². The molecule has 1 unspecified atom stereocenters. The van der Waals surface area contributed by atoms with Crippen LogP contribution in [0, 0.1) is 5.92 Å². The lowest BCUT2D eigenvalue weighted by atomic mass is 10.00. The molecule has 1 aromatic carbocycles. The monoisotopic (exact) mass is 371 g/mol. The van der Waals surface area contributed by atoms with Gasteiger partial charge in [-0.3, -0.25) is 4.79 Å². The first-order valence-electron chi connectivity index (χ1n) is 9.89. The molecule has 0 spiro atoms. The van der Waals surface area contributed by atoms with Gasteiger partial charge >= 0.3 is 6.09 Å². The second kappa shape index (κ2) is 8.55. The number of hydrazone groups is 1. The average molecular weight is 371 g/mol. The predicted molar refractivity (Wildman–Crippen MR) is 105 cm³/mol. The lowest BCUT2D eigenvalue weighted by Crippen LogP contribution is -2.42. The fourth-order valence-electron chi connectivity index (χ4n) is 3.66. The van der Waals surface area contributed by atoms with Crippen molar-refractivity contribution < 1.29 is 14.3 Å². The van der Waals surface area contributed by atoms with Gasteiger partial charge in [-0.05, 0) is 47.9 Å². The molecule has 6 nitrogen and oxygen atoms in total. The van der Waals surface area contributed by atoms with Crippen molar-refractivity contribution in [2.75, 3.05) is 13.2 Å². The number of fused-ring (bicyclic) bond motifs is 1. The summed E-state index contributed by atoms with van der Waals surface area (Å²) >= 11 is 0. The average Bonchev–Trinajstić information content (AvgIpc) is 3.07. The molecule has 3 rings (SSSR count). The van der Waals surface area contributed by atoms with Gasteiger partial charge in [0.1, 0.15) is 0 Å². The summed E-state index contributed by atoms with van der Waals surface area (Å²) in [7, 11) is 0. The Bertz CT molecular complexity index is 742. The number of amides is 2. The van der Waals surface area contributed by atoms with Gasteiger partial charge in [0.05, 0.1) is 12.3 Å². The van der Waals surface area contributed by atoms with E-state index < -0.39 is 0 Å². The van der Waals surface area contributed by atoms with Crippen LogP contribution in [0.25, 0.3) is 0 Å². The first kappa shape index (κ1) is 19.4. The SMILES string of the molecule is CCCN(C(=O)OCC(C)C)C1Cc2ccc(C3=NNC(=O)CC3)cc2C1. The molecule has 2 aliphatic rings. The number of nitrogens with one attached hydrogen (secondary N) is 1. The van der Waals surface area contributed by atoms with Crippen molar-refractivity contribution in [2.45, 2.75) is 58.9 Å². The lowest BCUT2D eigenvalue weighted by molar-refractivity contribution is -0.121. The molecule has 1 heterocycles. The third kappa shape index (κ3) is 4.67. The van der Waals surface area contributed by atoms with Crippen LogP contribution in [0.2, 0.25) is 0 Å². The van der Waals surface area contributed by atoms with E-state index in [-0.39, 0.29) is 18.0 Å². The van der Waals surface area contributed by atoms with Gasteiger partial charge in [0.15, 0.2) is 0 Å². The molecule has 0 bridgehead atoms. The van der Waals surface area contributed by atoms with Crippen molar-refractivity contribution in [1.29, 1.82) is 0 Å². The number of ether oxygens (including phenoxy) is 1. The first-order valence-corrected chi connectivity index (χ1v) is 9.89. The largest absolute Gasteiger partial charge is 0.449 e. The van der Waals surface area contributed by atoms with E-state index in [0.29, 0.717) is 31.9 Å². The maximum Gasteiger partial charge on any atom is 0.410 e. The number of hydrogen-bond acceptors (Lipinski definition) is 4. The molecule has 6 heteroatoms. The zero-order chi connectivity index (χ0) is 19.4. The van der Waals surface area contributed by atoms with Crippen LogP contribution >= 0.6 is 0 Å². The van der Waals surface area contributed by atoms with Gasteiger partial charge in [-0.2, -0.15) is 5.10 Å². The zero-order valence-electron chi connectivity index (χ0n) is 16.5. The summed E-state index contributed by atoms with van der Waals surface area (Å²) in [5.74, 6) is 0.299. The Kier molecular flexibility index (Phi) is 6.14. The molecule has 0 saturated carbocycles. The number of carbonyl (C=O) groups excluding carboxylic acids is 2. The number of hydrogen-bond donors (Lipinski definition) is 1. The number of benzene rings is 1. The summed E-state index contributed by atoms with van der Waals surface area (Å²) in [4.78, 5) is 25.8. The molecular formula is C21H29N3O3. The second-order valence-corrected chi connectivity index (χ2v) is 7.80. The summed E-state index contributed by atoms with van der Waals surface area (Å²) in [6.07, 6.45) is 3.53. The first-order chi connectivity index (χ1) is 13.0. The predicted octanol–water partition coefficient (Wildman–Crippen LogP) is 3.27. The van der Waals surface area contributed by atoms with Gasteiger partial charge in [0, 0.05) is 25.4 Å². The van der Waals surface area contributed by atoms with E-state index in [4.69, 9.17) is 4.74 Å². The maximum atomic E-state index is 12.6. The van der Waals surface area contributed by atoms with Crippen molar-refractivity contribution in [2.24, 2.45) is 11.0 Å². The fraction of sp³-hybridized carbons (Fsp3) is 0.571. The Hall–Kier alpha value is -2.37. The maximum absolute atomic E-state index is 12.6. The number of nitrogens with zero attached hydrogens (tertiary/aromatic N) is 2. The second-order valence-electron chi connectivity index (χ2n) is 7.80. The minimum atomic E-state index is -0.206. The molecule has 0 aromatic heterocycles. The van der Waals surface area contributed by atoms with Crippen molar-refractivity contribution >= 4 is 17.7 Å². The normalized spacial score (nSPS) is 18.7. The summed E-state index contributed by atoms with van der Waals surface area (Å²) in [5.41, 5.74) is 7.07. The van der Waals surface area contributed by atoms with Crippen LogP contribution in [0.4, 0.5) is 4.79 Å². The smallest absolute Gasteiger partial charge is 0.410 e. The topological polar surface area (TPSA) is 71.0 Å². The van der Waals surface area contributed by atoms with E-state index in [1.807, 2.05) is 18.7 Å². The summed E-state index contributed by atoms with van der Waals surface area (Å²) in [6, 6.07) is 6.50. The van der Waals surface area contributed by atoms with Crippen LogP contribution in [0.3, 0.4) is 0 Å². The van der Waals surface area contributed by atoms with Crippen molar-refractivity contribution in [1.82, 2.24) is 10.3 Å². The van der Waals surface area contributed by atoms with E-state index in [1.54, 1.807) is 0 Å². The molecule has 1 aliphatic carbocycles. The van der Waals surface area contributed by atoms with Crippen molar-refractivity contribution in [3.8, 4) is 0 Å². The van der Waals surface area contributed by atoms with E-state index in [2.05, 4.69) is 35.7 Å². The van der Waals surface area contributed by atoms with Gasteiger partial charge in [0.25, 0.3) is 0 Å². The number of rotatable bonds is 6. The molecule has 1 aromatic rings. The van der Waals surface area contributed by atoms with Crippen molar-refractivity contribution in [3.63, 3.8) is 0 Å². The summed E-state index contributed by atoms with van der Waals surface area (Å²) in [6.45, 7) is 7.33. The van der Waals surface area contributed by atoms with E-state index in [1.165, 1.54) is 11.1 Å². The molecule has 0 radical (unpaired) electrons. The van der Waals surface area contributed by atoms with Gasteiger partial charge in [0.2, 0.25) is 5.91 Å². The summed E-state index contributed by atoms with van der Waals surface area (Å²) in [5, 5.41) is 4.19. The molecule has 1 atom stereocenters. The molecule has 1 aliphatic heterocycles. The standard InChI is InChI=1S/C21H29N3O3/c1-4-9-24(21(26)27-13-14(2)3)18-11-15-5-6-16(10-17(15)12-18)19-7-8-20(25)23-22-19/h5-6,10,14,18H,4,7-9,11-13H2,1-3H3,(H,23,25). The highest BCUT2D eigenvalue weighted by atomic mass is 16.6. The zero-order valence-corrected chi connectivity index (χ0v) is 16.5. The Balaban J connectivity index is 1.71. The minimum absolute atomic E-state index is 0.0323. The fourth-order valence-corrected chi connectivity index (χ4v) is 3.66. The highest BCUT2D eigenvalue weighted by Gasteiger charge is 2.31. The van der Waals surface area contributed by atoms with E-state index in [0.717, 1.165) is 30.5 Å². The molecule has 0 saturated heterocycles. The molecule has 27 heavy (non-hydrogen) atoms. The molecule has 0 fully saturated rings. The highest BCUT2D eigenvalue weighted by Crippen LogP contribution is 2.28. The Morgan fingerprint density at radius 3 is 2.74 bits per heavy atom. The quantitative estimate of drug-likeness (QED) is 0.834. The highest BCUT2D eigenvalue weighted by molar-refractivity contribution is 6.04. The van der Waals surface area contributed by atoms with Crippen LogP contribution in [-0.2, 0) is 22.4 Å². The van der Waals surface area contributed by atoms with Gasteiger partial charge in [-0.25, -0.2) is 10.2 Å². The van der Waals surface area contributed by atoms with E-state index >= 15 is 0 Å². The molecule has 2 amide bonds. The summed E-state index contributed by atoms with van der Waals surface area (Å²) < 4.78 is 5.49. The van der Waals surface area contributed by atoms with Crippen LogP contribution in [-0.4, -0.2) is 41.8 Å². The van der Waals surface area contributed by atoms with Gasteiger partial charge in [-0.15, -0.1) is 0 Å². The Morgan fingerprint density at radius 2 is 2.07 bits per heavy atom. The lowest BCUT2D eigenvalue weighted by Gasteiger charge is -2.28. The molecular weight excluding hydrogens is 342 g/mol. The third-order valence-corrected chi connectivity index (χ3v) is 5.03. The van der Waals surface area contributed by atoms with Gasteiger partial charge < -0.3 is 9.64 Å². The van der Waals surface area contributed by atoms with Crippen LogP contribution < -0.4 is 5.43 Å². The van der Waals surface area contributed by atoms with Gasteiger partial charge in [-0.1, -0.05) is 32.9 Å².